The summed E-state index contributed by atoms with van der Waals surface area (Å²) in [6.45, 7) is 1.56. The van der Waals surface area contributed by atoms with Crippen molar-refractivity contribution >= 4 is 0 Å². The second-order valence-electron chi connectivity index (χ2n) is 5.33. The summed E-state index contributed by atoms with van der Waals surface area (Å²) >= 11 is 0. The lowest BCUT2D eigenvalue weighted by Gasteiger charge is -2.23. The maximum atomic E-state index is 9.46. The van der Waals surface area contributed by atoms with Crippen molar-refractivity contribution in [3.8, 4) is 6.07 Å². The van der Waals surface area contributed by atoms with Crippen LogP contribution in [-0.4, -0.2) is 17.5 Å². The summed E-state index contributed by atoms with van der Waals surface area (Å²) in [4.78, 5) is 2.37. The van der Waals surface area contributed by atoms with Gasteiger partial charge in [-0.2, -0.15) is 5.26 Å². The molecule has 102 valence electrons. The molecule has 1 aromatic carbocycles. The van der Waals surface area contributed by atoms with Crippen LogP contribution in [0.4, 0.5) is 0 Å². The highest BCUT2D eigenvalue weighted by Crippen LogP contribution is 2.30. The third kappa shape index (κ3) is 3.09. The van der Waals surface area contributed by atoms with Crippen LogP contribution in [0, 0.1) is 11.3 Å². The van der Waals surface area contributed by atoms with Crippen LogP contribution in [0.1, 0.15) is 30.1 Å². The Hall–Kier alpha value is -2.05. The molecule has 0 N–H and O–H groups in total. The van der Waals surface area contributed by atoms with Crippen LogP contribution < -0.4 is 0 Å². The van der Waals surface area contributed by atoms with Gasteiger partial charge in [0, 0.05) is 12.6 Å². The molecule has 0 bridgehead atoms. The Balaban J connectivity index is 1.71. The molecule has 0 aliphatic heterocycles. The van der Waals surface area contributed by atoms with Crippen molar-refractivity contribution in [3.05, 3.63) is 60.1 Å². The highest BCUT2D eigenvalue weighted by atomic mass is 16.3. The molecule has 1 aromatic heterocycles. The lowest BCUT2D eigenvalue weighted by molar-refractivity contribution is 0.229. The molecule has 1 heterocycles. The van der Waals surface area contributed by atoms with Crippen LogP contribution in [0.2, 0.25) is 0 Å². The molecular formula is C17H18N2O. The number of hydrogen-bond donors (Lipinski definition) is 0. The maximum Gasteiger partial charge on any atom is 0.117 e. The number of nitriles is 1. The van der Waals surface area contributed by atoms with Gasteiger partial charge in [-0.1, -0.05) is 30.3 Å². The molecule has 0 saturated heterocycles. The van der Waals surface area contributed by atoms with Gasteiger partial charge in [0.15, 0.2) is 0 Å². The van der Waals surface area contributed by atoms with Crippen molar-refractivity contribution in [2.75, 3.05) is 6.54 Å². The molecule has 3 nitrogen and oxygen atoms in total. The Kier molecular flexibility index (Phi) is 3.85. The van der Waals surface area contributed by atoms with Gasteiger partial charge in [0.1, 0.15) is 5.76 Å². The molecule has 20 heavy (non-hydrogen) atoms. The van der Waals surface area contributed by atoms with Gasteiger partial charge in [0.2, 0.25) is 0 Å². The van der Waals surface area contributed by atoms with Crippen molar-refractivity contribution in [3.63, 3.8) is 0 Å². The summed E-state index contributed by atoms with van der Waals surface area (Å²) in [6.07, 6.45) is 4.17. The topological polar surface area (TPSA) is 40.2 Å². The first-order valence-electron chi connectivity index (χ1n) is 7.08. The summed E-state index contributed by atoms with van der Waals surface area (Å²) in [5.74, 6) is 0.897. The fourth-order valence-corrected chi connectivity index (χ4v) is 2.53. The van der Waals surface area contributed by atoms with E-state index in [-0.39, 0.29) is 5.92 Å². The Morgan fingerprint density at radius 1 is 1.20 bits per heavy atom. The SMILES string of the molecule is N#CC(CN(Cc1ccco1)C1CC1)c1ccccc1. The third-order valence-corrected chi connectivity index (χ3v) is 3.78. The Morgan fingerprint density at radius 3 is 2.60 bits per heavy atom. The smallest absolute Gasteiger partial charge is 0.117 e. The predicted octanol–water partition coefficient (Wildman–Crippen LogP) is 3.55. The zero-order valence-corrected chi connectivity index (χ0v) is 11.4. The lowest BCUT2D eigenvalue weighted by Crippen LogP contribution is -2.29. The van der Waals surface area contributed by atoms with Crippen LogP contribution in [0.3, 0.4) is 0 Å². The fourth-order valence-electron chi connectivity index (χ4n) is 2.53. The average Bonchev–Trinajstić information content (AvgIpc) is 3.22. The minimum Gasteiger partial charge on any atom is -0.468 e. The van der Waals surface area contributed by atoms with E-state index in [0.29, 0.717) is 6.04 Å². The normalized spacial score (nSPS) is 16.0. The van der Waals surface area contributed by atoms with E-state index in [9.17, 15) is 5.26 Å². The first-order valence-corrected chi connectivity index (χ1v) is 7.08. The maximum absolute atomic E-state index is 9.46. The van der Waals surface area contributed by atoms with Crippen molar-refractivity contribution < 1.29 is 4.42 Å². The molecule has 1 atom stereocenters. The number of nitrogens with zero attached hydrogens (tertiary/aromatic N) is 2. The van der Waals surface area contributed by atoms with Gasteiger partial charge in [-0.3, -0.25) is 4.90 Å². The van der Waals surface area contributed by atoms with E-state index >= 15 is 0 Å². The van der Waals surface area contributed by atoms with Crippen molar-refractivity contribution in [2.24, 2.45) is 0 Å². The van der Waals surface area contributed by atoms with E-state index < -0.39 is 0 Å². The zero-order chi connectivity index (χ0) is 13.8. The van der Waals surface area contributed by atoms with Crippen LogP contribution in [0.5, 0.6) is 0 Å². The van der Waals surface area contributed by atoms with Gasteiger partial charge in [0.25, 0.3) is 0 Å². The molecule has 1 aliphatic carbocycles. The van der Waals surface area contributed by atoms with E-state index in [1.54, 1.807) is 6.26 Å². The predicted molar refractivity (Wildman–Crippen MR) is 76.9 cm³/mol. The molecule has 1 aliphatic rings. The zero-order valence-electron chi connectivity index (χ0n) is 11.4. The first-order chi connectivity index (χ1) is 9.86. The van der Waals surface area contributed by atoms with Gasteiger partial charge in [0.05, 0.1) is 24.8 Å². The largest absolute Gasteiger partial charge is 0.468 e. The van der Waals surface area contributed by atoms with Crippen LogP contribution in [-0.2, 0) is 6.54 Å². The second kappa shape index (κ2) is 5.94. The quantitative estimate of drug-likeness (QED) is 0.802. The van der Waals surface area contributed by atoms with Crippen LogP contribution >= 0.6 is 0 Å². The summed E-state index contributed by atoms with van der Waals surface area (Å²) in [5, 5.41) is 9.46. The lowest BCUT2D eigenvalue weighted by atomic mass is 10.00. The van der Waals surface area contributed by atoms with Gasteiger partial charge < -0.3 is 4.42 Å². The van der Waals surface area contributed by atoms with E-state index in [4.69, 9.17) is 4.42 Å². The fraction of sp³-hybridized carbons (Fsp3) is 0.353. The molecule has 2 aromatic rings. The molecular weight excluding hydrogens is 248 g/mol. The van der Waals surface area contributed by atoms with Crippen LogP contribution in [0.15, 0.2) is 53.1 Å². The van der Waals surface area contributed by atoms with Gasteiger partial charge in [-0.05, 0) is 30.5 Å². The highest BCUT2D eigenvalue weighted by molar-refractivity contribution is 5.25. The van der Waals surface area contributed by atoms with E-state index in [1.165, 1.54) is 12.8 Å². The Bertz CT molecular complexity index is 567. The molecule has 1 fully saturated rings. The Labute approximate surface area is 119 Å². The molecule has 0 radical (unpaired) electrons. The van der Waals surface area contributed by atoms with Crippen molar-refractivity contribution in [2.45, 2.75) is 31.3 Å². The number of benzene rings is 1. The van der Waals surface area contributed by atoms with Crippen molar-refractivity contribution in [1.29, 1.82) is 5.26 Å². The second-order valence-corrected chi connectivity index (χ2v) is 5.33. The van der Waals surface area contributed by atoms with E-state index in [0.717, 1.165) is 24.4 Å². The first kappa shape index (κ1) is 13.0. The average molecular weight is 266 g/mol. The number of rotatable bonds is 6. The van der Waals surface area contributed by atoms with E-state index in [1.807, 2.05) is 42.5 Å². The summed E-state index contributed by atoms with van der Waals surface area (Å²) in [7, 11) is 0. The molecule has 3 heteroatoms. The molecule has 1 unspecified atom stereocenters. The van der Waals surface area contributed by atoms with E-state index in [2.05, 4.69) is 11.0 Å². The summed E-state index contributed by atoms with van der Waals surface area (Å²) in [5.41, 5.74) is 1.10. The summed E-state index contributed by atoms with van der Waals surface area (Å²) in [6, 6.07) is 17.0. The monoisotopic (exact) mass is 266 g/mol. The summed E-state index contributed by atoms with van der Waals surface area (Å²) < 4.78 is 5.44. The molecule has 3 rings (SSSR count). The Morgan fingerprint density at radius 2 is 2.00 bits per heavy atom. The van der Waals surface area contributed by atoms with Crippen molar-refractivity contribution in [1.82, 2.24) is 4.90 Å². The minimum absolute atomic E-state index is 0.0771. The molecule has 1 saturated carbocycles. The third-order valence-electron chi connectivity index (χ3n) is 3.78. The standard InChI is InChI=1S/C17H18N2O/c18-11-15(14-5-2-1-3-6-14)12-19(16-8-9-16)13-17-7-4-10-20-17/h1-7,10,15-16H,8-9,12-13H2. The molecule has 0 amide bonds. The number of furan rings is 1. The van der Waals surface area contributed by atoms with Gasteiger partial charge >= 0.3 is 0 Å². The number of hydrogen-bond acceptors (Lipinski definition) is 3. The molecule has 0 spiro atoms. The van der Waals surface area contributed by atoms with Crippen LogP contribution in [0.25, 0.3) is 0 Å². The van der Waals surface area contributed by atoms with Gasteiger partial charge in [-0.15, -0.1) is 0 Å². The highest BCUT2D eigenvalue weighted by Gasteiger charge is 2.31. The minimum atomic E-state index is -0.0771. The van der Waals surface area contributed by atoms with Gasteiger partial charge in [-0.25, -0.2) is 0 Å².